The molecule has 0 aliphatic rings. The maximum Gasteiger partial charge on any atom is 0.305 e. The largest absolute Gasteiger partial charge is 0.469 e. The lowest BCUT2D eigenvalue weighted by atomic mass is 9.85. The summed E-state index contributed by atoms with van der Waals surface area (Å²) in [6, 6.07) is 8.58. The Morgan fingerprint density at radius 1 is 1.40 bits per heavy atom. The molecule has 1 aromatic carbocycles. The molecular formula is C16H18O4. The van der Waals surface area contributed by atoms with Gasteiger partial charge in [-0.3, -0.25) is 9.59 Å². The van der Waals surface area contributed by atoms with E-state index in [-0.39, 0.29) is 12.4 Å². The van der Waals surface area contributed by atoms with Gasteiger partial charge in [0.05, 0.1) is 7.11 Å². The van der Waals surface area contributed by atoms with Crippen LogP contribution in [0.1, 0.15) is 24.8 Å². The Hall–Kier alpha value is -2.16. The van der Waals surface area contributed by atoms with Gasteiger partial charge in [0, 0.05) is 12.0 Å². The van der Waals surface area contributed by atoms with Gasteiger partial charge in [-0.05, 0) is 18.4 Å². The first-order valence-corrected chi connectivity index (χ1v) is 6.29. The molecule has 0 aliphatic carbocycles. The summed E-state index contributed by atoms with van der Waals surface area (Å²) in [5.74, 6) is -0.331. The zero-order chi connectivity index (χ0) is 15.0. The number of esters is 1. The Morgan fingerprint density at radius 3 is 2.55 bits per heavy atom. The average molecular weight is 274 g/mol. The fourth-order valence-corrected chi connectivity index (χ4v) is 1.93. The van der Waals surface area contributed by atoms with Crippen molar-refractivity contribution in [1.82, 2.24) is 0 Å². The van der Waals surface area contributed by atoms with Crippen LogP contribution in [-0.4, -0.2) is 24.5 Å². The standard InChI is InChI=1S/C16H18O4/c1-3-13(10-7-11-15(18)20-2)16(19,12-17)14-8-5-4-6-9-14/h4-6,8-9,12,19H,1,7,10-11H2,2H3. The van der Waals surface area contributed by atoms with Gasteiger partial charge in [0.15, 0.2) is 11.9 Å². The van der Waals surface area contributed by atoms with Crippen molar-refractivity contribution in [2.45, 2.75) is 24.9 Å². The molecule has 0 saturated carbocycles. The summed E-state index contributed by atoms with van der Waals surface area (Å²) in [6.45, 7) is 3.52. The number of ether oxygens (including phenoxy) is 1. The second kappa shape index (κ2) is 7.43. The van der Waals surface area contributed by atoms with Crippen LogP contribution in [0.15, 0.2) is 48.2 Å². The zero-order valence-corrected chi connectivity index (χ0v) is 11.5. The van der Waals surface area contributed by atoms with Gasteiger partial charge in [-0.25, -0.2) is 0 Å². The van der Waals surface area contributed by atoms with E-state index in [1.54, 1.807) is 30.3 Å². The predicted octanol–water partition coefficient (Wildman–Crippen LogP) is 2.13. The zero-order valence-electron chi connectivity index (χ0n) is 11.5. The van der Waals surface area contributed by atoms with Crippen molar-refractivity contribution in [3.63, 3.8) is 0 Å². The number of benzene rings is 1. The highest BCUT2D eigenvalue weighted by atomic mass is 16.5. The molecule has 0 fully saturated rings. The SMILES string of the molecule is C=C=C(CCCC(=O)OC)C(O)(C=O)c1ccccc1. The van der Waals surface area contributed by atoms with Gasteiger partial charge in [0.2, 0.25) is 0 Å². The van der Waals surface area contributed by atoms with Crippen LogP contribution in [0.2, 0.25) is 0 Å². The summed E-state index contributed by atoms with van der Waals surface area (Å²) in [7, 11) is 1.32. The summed E-state index contributed by atoms with van der Waals surface area (Å²) in [5.41, 5.74) is 1.67. The lowest BCUT2D eigenvalue weighted by Crippen LogP contribution is -2.30. The van der Waals surface area contributed by atoms with Gasteiger partial charge in [-0.1, -0.05) is 36.9 Å². The number of carbonyl (C=O) groups excluding carboxylic acids is 2. The third-order valence-electron chi connectivity index (χ3n) is 3.09. The molecule has 20 heavy (non-hydrogen) atoms. The van der Waals surface area contributed by atoms with Crippen LogP contribution < -0.4 is 0 Å². The summed E-state index contributed by atoms with van der Waals surface area (Å²) < 4.78 is 4.55. The van der Waals surface area contributed by atoms with Crippen molar-refractivity contribution < 1.29 is 19.4 Å². The molecule has 0 saturated heterocycles. The molecule has 0 radical (unpaired) electrons. The molecule has 106 valence electrons. The summed E-state index contributed by atoms with van der Waals surface area (Å²) >= 11 is 0. The van der Waals surface area contributed by atoms with E-state index in [1.807, 2.05) is 0 Å². The lowest BCUT2D eigenvalue weighted by molar-refractivity contribution is -0.140. The first-order chi connectivity index (χ1) is 9.58. The van der Waals surface area contributed by atoms with Crippen molar-refractivity contribution in [2.75, 3.05) is 7.11 Å². The highest BCUT2D eigenvalue weighted by Gasteiger charge is 2.33. The van der Waals surface area contributed by atoms with Gasteiger partial charge in [0.1, 0.15) is 0 Å². The summed E-state index contributed by atoms with van der Waals surface area (Å²) in [5, 5.41) is 10.5. The Balaban J connectivity index is 2.89. The number of aldehydes is 1. The quantitative estimate of drug-likeness (QED) is 0.470. The van der Waals surface area contributed by atoms with Crippen LogP contribution >= 0.6 is 0 Å². The van der Waals surface area contributed by atoms with Crippen molar-refractivity contribution >= 4 is 12.3 Å². The van der Waals surface area contributed by atoms with Crippen LogP contribution in [0.4, 0.5) is 0 Å². The Bertz CT molecular complexity index is 515. The molecule has 0 aliphatic heterocycles. The number of aliphatic hydroxyl groups is 1. The van der Waals surface area contributed by atoms with E-state index in [2.05, 4.69) is 17.0 Å². The van der Waals surface area contributed by atoms with Crippen LogP contribution in [0.3, 0.4) is 0 Å². The minimum atomic E-state index is -1.75. The van der Waals surface area contributed by atoms with E-state index >= 15 is 0 Å². The number of hydrogen-bond donors (Lipinski definition) is 1. The van der Waals surface area contributed by atoms with Gasteiger partial charge in [-0.15, -0.1) is 5.73 Å². The Morgan fingerprint density at radius 2 is 2.05 bits per heavy atom. The molecule has 1 unspecified atom stereocenters. The average Bonchev–Trinajstić information content (AvgIpc) is 2.51. The molecule has 0 heterocycles. The third-order valence-corrected chi connectivity index (χ3v) is 3.09. The summed E-state index contributed by atoms with van der Waals surface area (Å²) in [6.07, 6.45) is 1.47. The molecule has 4 heteroatoms. The maximum absolute atomic E-state index is 11.4. The number of methoxy groups -OCH3 is 1. The van der Waals surface area contributed by atoms with E-state index < -0.39 is 5.60 Å². The monoisotopic (exact) mass is 274 g/mol. The van der Waals surface area contributed by atoms with Gasteiger partial charge < -0.3 is 9.84 Å². The molecule has 4 nitrogen and oxygen atoms in total. The minimum absolute atomic E-state index is 0.214. The molecule has 0 amide bonds. The number of hydrogen-bond acceptors (Lipinski definition) is 4. The Kier molecular flexibility index (Phi) is 5.91. The van der Waals surface area contributed by atoms with E-state index in [0.29, 0.717) is 30.3 Å². The third kappa shape index (κ3) is 3.67. The lowest BCUT2D eigenvalue weighted by Gasteiger charge is -2.24. The van der Waals surface area contributed by atoms with Crippen molar-refractivity contribution in [3.8, 4) is 0 Å². The normalized spacial score (nSPS) is 12.9. The first kappa shape index (κ1) is 15.9. The smallest absolute Gasteiger partial charge is 0.305 e. The fraction of sp³-hybridized carbons (Fsp3) is 0.312. The topological polar surface area (TPSA) is 63.6 Å². The molecule has 1 aromatic rings. The summed E-state index contributed by atoms with van der Waals surface area (Å²) in [4.78, 5) is 22.4. The van der Waals surface area contributed by atoms with E-state index in [1.165, 1.54) is 7.11 Å². The molecule has 1 atom stereocenters. The van der Waals surface area contributed by atoms with Crippen molar-refractivity contribution in [1.29, 1.82) is 0 Å². The highest BCUT2D eigenvalue weighted by Crippen LogP contribution is 2.30. The number of rotatable bonds is 7. The molecule has 0 spiro atoms. The molecule has 1 rings (SSSR count). The molecular weight excluding hydrogens is 256 g/mol. The van der Waals surface area contributed by atoms with Crippen LogP contribution in [-0.2, 0) is 19.9 Å². The second-order valence-electron chi connectivity index (χ2n) is 4.34. The first-order valence-electron chi connectivity index (χ1n) is 6.29. The van der Waals surface area contributed by atoms with Gasteiger partial charge in [-0.2, -0.15) is 0 Å². The van der Waals surface area contributed by atoms with Crippen LogP contribution in [0.5, 0.6) is 0 Å². The fourth-order valence-electron chi connectivity index (χ4n) is 1.93. The van der Waals surface area contributed by atoms with Gasteiger partial charge in [0.25, 0.3) is 0 Å². The van der Waals surface area contributed by atoms with Gasteiger partial charge >= 0.3 is 5.97 Å². The minimum Gasteiger partial charge on any atom is -0.469 e. The van der Waals surface area contributed by atoms with E-state index in [4.69, 9.17) is 0 Å². The second-order valence-corrected chi connectivity index (χ2v) is 4.34. The Labute approximate surface area is 118 Å². The maximum atomic E-state index is 11.4. The van der Waals surface area contributed by atoms with Crippen molar-refractivity contribution in [3.05, 3.63) is 53.8 Å². The number of carbonyl (C=O) groups is 2. The molecule has 0 bridgehead atoms. The van der Waals surface area contributed by atoms with E-state index in [0.717, 1.165) is 0 Å². The van der Waals surface area contributed by atoms with Crippen molar-refractivity contribution in [2.24, 2.45) is 0 Å². The molecule has 1 N–H and O–H groups in total. The van der Waals surface area contributed by atoms with E-state index in [9.17, 15) is 14.7 Å². The molecule has 0 aromatic heterocycles. The predicted molar refractivity (Wildman–Crippen MR) is 74.9 cm³/mol. The van der Waals surface area contributed by atoms with Crippen LogP contribution in [0, 0.1) is 0 Å². The highest BCUT2D eigenvalue weighted by molar-refractivity contribution is 5.72. The van der Waals surface area contributed by atoms with Crippen LogP contribution in [0.25, 0.3) is 0 Å².